The van der Waals surface area contributed by atoms with Gasteiger partial charge in [0.25, 0.3) is 0 Å². The summed E-state index contributed by atoms with van der Waals surface area (Å²) in [5.41, 5.74) is 9.34. The van der Waals surface area contributed by atoms with Crippen LogP contribution in [0.1, 0.15) is 58.4 Å². The van der Waals surface area contributed by atoms with Gasteiger partial charge in [0.05, 0.1) is 18.6 Å². The van der Waals surface area contributed by atoms with E-state index in [1.165, 1.54) is 22.3 Å². The maximum Gasteiger partial charge on any atom is 0.124 e. The van der Waals surface area contributed by atoms with Gasteiger partial charge in [-0.3, -0.25) is 0 Å². The fourth-order valence-electron chi connectivity index (χ4n) is 5.81. The molecular formula is C33H34O4. The van der Waals surface area contributed by atoms with E-state index in [9.17, 15) is 10.2 Å². The highest BCUT2D eigenvalue weighted by Crippen LogP contribution is 2.57. The Balaban J connectivity index is 1.90. The lowest BCUT2D eigenvalue weighted by atomic mass is 9.66. The SMILES string of the molecule is CCOCc1cc(C2(c3cc(C)c(O)c(COCC)c3)c3ccccc3-c3ccccc32)cc(C)c1O. The summed E-state index contributed by atoms with van der Waals surface area (Å²) in [5.74, 6) is 0.539. The molecule has 0 saturated heterocycles. The molecule has 5 rings (SSSR count). The molecule has 190 valence electrons. The van der Waals surface area contributed by atoms with Crippen LogP contribution in [0.5, 0.6) is 11.5 Å². The number of ether oxygens (including phenoxy) is 2. The highest BCUT2D eigenvalue weighted by Gasteiger charge is 2.46. The Morgan fingerprint density at radius 2 is 1.03 bits per heavy atom. The summed E-state index contributed by atoms with van der Waals surface area (Å²) in [4.78, 5) is 0. The van der Waals surface area contributed by atoms with Crippen molar-refractivity contribution < 1.29 is 19.7 Å². The monoisotopic (exact) mass is 494 g/mol. The minimum Gasteiger partial charge on any atom is -0.507 e. The Hall–Kier alpha value is -3.60. The molecule has 0 radical (unpaired) electrons. The number of fused-ring (bicyclic) bond motifs is 3. The normalized spacial score (nSPS) is 13.4. The smallest absolute Gasteiger partial charge is 0.124 e. The average molecular weight is 495 g/mol. The molecular weight excluding hydrogens is 460 g/mol. The maximum atomic E-state index is 10.9. The van der Waals surface area contributed by atoms with Crippen molar-refractivity contribution in [3.05, 3.63) is 117 Å². The van der Waals surface area contributed by atoms with Crippen LogP contribution in [-0.2, 0) is 28.1 Å². The largest absolute Gasteiger partial charge is 0.507 e. The molecule has 0 aliphatic heterocycles. The van der Waals surface area contributed by atoms with Crippen LogP contribution >= 0.6 is 0 Å². The van der Waals surface area contributed by atoms with Crippen LogP contribution in [-0.4, -0.2) is 23.4 Å². The summed E-state index contributed by atoms with van der Waals surface area (Å²) in [6.07, 6.45) is 0. The molecule has 4 heteroatoms. The lowest BCUT2D eigenvalue weighted by molar-refractivity contribution is 0.132. The van der Waals surface area contributed by atoms with Crippen molar-refractivity contribution >= 4 is 0 Å². The number of hydrogen-bond donors (Lipinski definition) is 2. The zero-order valence-electron chi connectivity index (χ0n) is 22.0. The van der Waals surface area contributed by atoms with E-state index in [4.69, 9.17) is 9.47 Å². The minimum absolute atomic E-state index is 0.269. The van der Waals surface area contributed by atoms with Gasteiger partial charge in [-0.15, -0.1) is 0 Å². The van der Waals surface area contributed by atoms with Crippen molar-refractivity contribution in [2.24, 2.45) is 0 Å². The molecule has 0 saturated carbocycles. The molecule has 37 heavy (non-hydrogen) atoms. The molecule has 0 atom stereocenters. The Kier molecular flexibility index (Phi) is 6.80. The van der Waals surface area contributed by atoms with E-state index in [1.54, 1.807) is 0 Å². The topological polar surface area (TPSA) is 58.9 Å². The van der Waals surface area contributed by atoms with Gasteiger partial charge in [0.1, 0.15) is 11.5 Å². The number of benzene rings is 4. The van der Waals surface area contributed by atoms with Gasteiger partial charge in [-0.2, -0.15) is 0 Å². The fourth-order valence-corrected chi connectivity index (χ4v) is 5.81. The standard InChI is InChI=1S/C33H34O4/c1-5-36-19-23-17-25(15-21(3)31(23)34)33(26-16-22(4)32(35)24(18-26)20-37-6-2)29-13-9-7-11-27(29)28-12-8-10-14-30(28)33/h7-18,34-35H,5-6,19-20H2,1-4H3. The van der Waals surface area contributed by atoms with E-state index in [0.29, 0.717) is 26.4 Å². The van der Waals surface area contributed by atoms with Crippen LogP contribution < -0.4 is 0 Å². The minimum atomic E-state index is -0.647. The van der Waals surface area contributed by atoms with Gasteiger partial charge in [0, 0.05) is 24.3 Å². The molecule has 0 heterocycles. The third kappa shape index (κ3) is 4.01. The van der Waals surface area contributed by atoms with Crippen LogP contribution in [0.4, 0.5) is 0 Å². The first kappa shape index (κ1) is 25.1. The highest BCUT2D eigenvalue weighted by molar-refractivity contribution is 5.86. The van der Waals surface area contributed by atoms with Crippen molar-refractivity contribution in [1.82, 2.24) is 0 Å². The number of aryl methyl sites for hydroxylation is 2. The van der Waals surface area contributed by atoms with Crippen LogP contribution in [0, 0.1) is 13.8 Å². The lowest BCUT2D eigenvalue weighted by Crippen LogP contribution is -2.29. The summed E-state index contributed by atoms with van der Waals surface area (Å²) in [5, 5.41) is 21.9. The van der Waals surface area contributed by atoms with Gasteiger partial charge >= 0.3 is 0 Å². The molecule has 0 amide bonds. The third-order valence-corrected chi connectivity index (χ3v) is 7.50. The highest BCUT2D eigenvalue weighted by atomic mass is 16.5. The zero-order valence-corrected chi connectivity index (χ0v) is 22.0. The Labute approximate surface area is 219 Å². The fraction of sp³-hybridized carbons (Fsp3) is 0.273. The zero-order chi connectivity index (χ0) is 26.2. The van der Waals surface area contributed by atoms with Gasteiger partial charge in [0.15, 0.2) is 0 Å². The van der Waals surface area contributed by atoms with Crippen molar-refractivity contribution in [3.8, 4) is 22.6 Å². The Morgan fingerprint density at radius 1 is 0.622 bits per heavy atom. The van der Waals surface area contributed by atoms with Gasteiger partial charge in [-0.1, -0.05) is 60.7 Å². The number of phenolic OH excluding ortho intramolecular Hbond substituents is 2. The Bertz CT molecular complexity index is 1340. The molecule has 4 aromatic carbocycles. The molecule has 0 aromatic heterocycles. The Morgan fingerprint density at radius 3 is 1.43 bits per heavy atom. The quantitative estimate of drug-likeness (QED) is 0.240. The predicted octanol–water partition coefficient (Wildman–Crippen LogP) is 7.15. The molecule has 4 nitrogen and oxygen atoms in total. The van der Waals surface area contributed by atoms with Crippen molar-refractivity contribution in [2.45, 2.75) is 46.3 Å². The molecule has 0 spiro atoms. The van der Waals surface area contributed by atoms with Crippen LogP contribution in [0.25, 0.3) is 11.1 Å². The van der Waals surface area contributed by atoms with Gasteiger partial charge in [-0.05, 0) is 84.3 Å². The van der Waals surface area contributed by atoms with E-state index in [1.807, 2.05) is 27.7 Å². The van der Waals surface area contributed by atoms with Gasteiger partial charge < -0.3 is 19.7 Å². The molecule has 1 aliphatic rings. The third-order valence-electron chi connectivity index (χ3n) is 7.50. The molecule has 0 fully saturated rings. The van der Waals surface area contributed by atoms with E-state index in [0.717, 1.165) is 33.4 Å². The van der Waals surface area contributed by atoms with E-state index < -0.39 is 5.41 Å². The van der Waals surface area contributed by atoms with Crippen LogP contribution in [0.15, 0.2) is 72.8 Å². The number of rotatable bonds is 8. The summed E-state index contributed by atoms with van der Waals surface area (Å²) >= 11 is 0. The molecule has 4 aromatic rings. The first-order chi connectivity index (χ1) is 17.9. The molecule has 0 unspecified atom stereocenters. The van der Waals surface area contributed by atoms with E-state index >= 15 is 0 Å². The predicted molar refractivity (Wildman–Crippen MR) is 147 cm³/mol. The lowest BCUT2D eigenvalue weighted by Gasteiger charge is -2.35. The average Bonchev–Trinajstić information content (AvgIpc) is 3.21. The van der Waals surface area contributed by atoms with Crippen molar-refractivity contribution in [3.63, 3.8) is 0 Å². The molecule has 0 bridgehead atoms. The van der Waals surface area contributed by atoms with Crippen LogP contribution in [0.2, 0.25) is 0 Å². The second kappa shape index (κ2) is 10.0. The number of phenols is 2. The summed E-state index contributed by atoms with van der Waals surface area (Å²) in [6.45, 7) is 9.60. The van der Waals surface area contributed by atoms with Crippen molar-refractivity contribution in [2.75, 3.05) is 13.2 Å². The first-order valence-electron chi connectivity index (χ1n) is 12.9. The van der Waals surface area contributed by atoms with Crippen LogP contribution in [0.3, 0.4) is 0 Å². The van der Waals surface area contributed by atoms with E-state index in [2.05, 4.69) is 72.8 Å². The summed E-state index contributed by atoms with van der Waals surface area (Å²) in [7, 11) is 0. The van der Waals surface area contributed by atoms with Crippen molar-refractivity contribution in [1.29, 1.82) is 0 Å². The summed E-state index contributed by atoms with van der Waals surface area (Å²) in [6, 6.07) is 25.4. The second-order valence-corrected chi connectivity index (χ2v) is 9.72. The molecule has 1 aliphatic carbocycles. The number of hydrogen-bond acceptors (Lipinski definition) is 4. The maximum absolute atomic E-state index is 10.9. The number of aromatic hydroxyl groups is 2. The molecule has 2 N–H and O–H groups in total. The summed E-state index contributed by atoms with van der Waals surface area (Å²) < 4.78 is 11.5. The first-order valence-corrected chi connectivity index (χ1v) is 12.9. The van der Waals surface area contributed by atoms with Gasteiger partial charge in [0.2, 0.25) is 0 Å². The van der Waals surface area contributed by atoms with E-state index in [-0.39, 0.29) is 11.5 Å². The second-order valence-electron chi connectivity index (χ2n) is 9.72. The van der Waals surface area contributed by atoms with Gasteiger partial charge in [-0.25, -0.2) is 0 Å².